The molecule has 3 N–H and O–H groups in total. The van der Waals surface area contributed by atoms with E-state index >= 15 is 0 Å². The number of rotatable bonds is 5. The molecule has 0 spiro atoms. The number of amides is 2. The number of carboxylic acids is 1. The number of carboxylic acid groups (broad SMARTS) is 1. The molecule has 1 aliphatic carbocycles. The van der Waals surface area contributed by atoms with Gasteiger partial charge in [0.1, 0.15) is 5.54 Å². The molecular formula is C20H20N2O4. The molecule has 6 heteroatoms. The molecule has 0 aliphatic heterocycles. The minimum absolute atomic E-state index is 0.271. The summed E-state index contributed by atoms with van der Waals surface area (Å²) in [4.78, 5) is 36.2. The van der Waals surface area contributed by atoms with Crippen molar-refractivity contribution in [1.29, 1.82) is 0 Å². The highest BCUT2D eigenvalue weighted by molar-refractivity contribution is 6.06. The van der Waals surface area contributed by atoms with E-state index in [1.54, 1.807) is 42.5 Å². The fraction of sp³-hybridized carbons (Fsp3) is 0.250. The molecule has 0 atom stereocenters. The van der Waals surface area contributed by atoms with Crippen LogP contribution in [0.2, 0.25) is 0 Å². The molecule has 0 bridgehead atoms. The van der Waals surface area contributed by atoms with Crippen LogP contribution in [0.15, 0.2) is 48.5 Å². The number of carbonyl (C=O) groups excluding carboxylic acids is 2. The van der Waals surface area contributed by atoms with Gasteiger partial charge in [-0.05, 0) is 56.0 Å². The van der Waals surface area contributed by atoms with Gasteiger partial charge in [0, 0.05) is 16.8 Å². The molecule has 0 saturated heterocycles. The molecule has 0 heterocycles. The summed E-state index contributed by atoms with van der Waals surface area (Å²) in [6.07, 6.45) is 1.63. The number of benzene rings is 2. The van der Waals surface area contributed by atoms with Gasteiger partial charge in [0.2, 0.25) is 0 Å². The van der Waals surface area contributed by atoms with Gasteiger partial charge in [-0.15, -0.1) is 0 Å². The highest BCUT2D eigenvalue weighted by atomic mass is 16.4. The first-order valence-corrected chi connectivity index (χ1v) is 8.44. The predicted molar refractivity (Wildman–Crippen MR) is 97.3 cm³/mol. The topological polar surface area (TPSA) is 95.5 Å². The molecule has 3 rings (SSSR count). The second-order valence-corrected chi connectivity index (χ2v) is 6.54. The third-order valence-electron chi connectivity index (χ3n) is 4.75. The first-order valence-electron chi connectivity index (χ1n) is 8.44. The SMILES string of the molecule is Cc1ccc(C(=O)NC2(C(=O)O)CCC2)cc1NC(=O)c1ccccc1. The van der Waals surface area contributed by atoms with Crippen molar-refractivity contribution in [2.75, 3.05) is 5.32 Å². The molecule has 1 aliphatic rings. The minimum atomic E-state index is -1.17. The molecule has 134 valence electrons. The van der Waals surface area contributed by atoms with Gasteiger partial charge in [-0.2, -0.15) is 0 Å². The van der Waals surface area contributed by atoms with Gasteiger partial charge in [0.05, 0.1) is 0 Å². The second-order valence-electron chi connectivity index (χ2n) is 6.54. The van der Waals surface area contributed by atoms with Crippen LogP contribution in [-0.2, 0) is 4.79 Å². The second kappa shape index (κ2) is 7.00. The van der Waals surface area contributed by atoms with Gasteiger partial charge in [-0.3, -0.25) is 9.59 Å². The Hall–Kier alpha value is -3.15. The Labute approximate surface area is 151 Å². The van der Waals surface area contributed by atoms with E-state index in [9.17, 15) is 19.5 Å². The van der Waals surface area contributed by atoms with Gasteiger partial charge in [-0.25, -0.2) is 4.79 Å². The first-order chi connectivity index (χ1) is 12.4. The zero-order chi connectivity index (χ0) is 18.7. The zero-order valence-corrected chi connectivity index (χ0v) is 14.4. The number of hydrogen-bond donors (Lipinski definition) is 3. The molecule has 6 nitrogen and oxygen atoms in total. The number of anilines is 1. The molecule has 26 heavy (non-hydrogen) atoms. The molecule has 1 fully saturated rings. The quantitative estimate of drug-likeness (QED) is 0.771. The summed E-state index contributed by atoms with van der Waals surface area (Å²) in [5, 5.41) is 14.8. The molecule has 0 aromatic heterocycles. The Morgan fingerprint density at radius 3 is 2.23 bits per heavy atom. The van der Waals surface area contributed by atoms with Crippen molar-refractivity contribution in [2.45, 2.75) is 31.7 Å². The monoisotopic (exact) mass is 352 g/mol. The van der Waals surface area contributed by atoms with E-state index < -0.39 is 17.4 Å². The van der Waals surface area contributed by atoms with Crippen LogP contribution in [0.1, 0.15) is 45.5 Å². The van der Waals surface area contributed by atoms with E-state index in [4.69, 9.17) is 0 Å². The average molecular weight is 352 g/mol. The van der Waals surface area contributed by atoms with E-state index in [-0.39, 0.29) is 5.91 Å². The number of nitrogens with one attached hydrogen (secondary N) is 2. The first kappa shape index (κ1) is 17.7. The summed E-state index contributed by atoms with van der Waals surface area (Å²) in [5.74, 6) is -1.74. The van der Waals surface area contributed by atoms with Crippen LogP contribution in [0.4, 0.5) is 5.69 Å². The average Bonchev–Trinajstić information content (AvgIpc) is 2.60. The minimum Gasteiger partial charge on any atom is -0.480 e. The van der Waals surface area contributed by atoms with Crippen molar-refractivity contribution in [1.82, 2.24) is 5.32 Å². The lowest BCUT2D eigenvalue weighted by molar-refractivity contribution is -0.148. The Bertz CT molecular complexity index is 857. The Balaban J connectivity index is 1.78. The van der Waals surface area contributed by atoms with E-state index in [0.717, 1.165) is 12.0 Å². The lowest BCUT2D eigenvalue weighted by atomic mass is 9.76. The lowest BCUT2D eigenvalue weighted by Crippen LogP contribution is -2.59. The predicted octanol–water partition coefficient (Wildman–Crippen LogP) is 2.98. The fourth-order valence-electron chi connectivity index (χ4n) is 2.89. The number of carbonyl (C=O) groups is 3. The van der Waals surface area contributed by atoms with Gasteiger partial charge in [0.25, 0.3) is 11.8 Å². The number of aryl methyl sites for hydroxylation is 1. The summed E-state index contributed by atoms with van der Waals surface area (Å²) in [6, 6.07) is 13.7. The molecule has 0 radical (unpaired) electrons. The third-order valence-corrected chi connectivity index (χ3v) is 4.75. The molecule has 2 aromatic rings. The van der Waals surface area contributed by atoms with Gasteiger partial charge < -0.3 is 15.7 Å². The van der Waals surface area contributed by atoms with Gasteiger partial charge in [-0.1, -0.05) is 24.3 Å². The van der Waals surface area contributed by atoms with Crippen LogP contribution in [0.25, 0.3) is 0 Å². The van der Waals surface area contributed by atoms with Crippen molar-refractivity contribution >= 4 is 23.5 Å². The highest BCUT2D eigenvalue weighted by Gasteiger charge is 2.45. The largest absolute Gasteiger partial charge is 0.480 e. The van der Waals surface area contributed by atoms with E-state index in [0.29, 0.717) is 29.7 Å². The summed E-state index contributed by atoms with van der Waals surface area (Å²) in [6.45, 7) is 1.83. The fourth-order valence-corrected chi connectivity index (χ4v) is 2.89. The van der Waals surface area contributed by atoms with Gasteiger partial charge in [0.15, 0.2) is 0 Å². The molecule has 0 unspecified atom stereocenters. The number of aliphatic carboxylic acids is 1. The maximum Gasteiger partial charge on any atom is 0.329 e. The molecular weight excluding hydrogens is 332 g/mol. The Morgan fingerprint density at radius 1 is 0.962 bits per heavy atom. The van der Waals surface area contributed by atoms with Crippen molar-refractivity contribution in [3.63, 3.8) is 0 Å². The van der Waals surface area contributed by atoms with Crippen LogP contribution >= 0.6 is 0 Å². The molecule has 2 amide bonds. The molecule has 2 aromatic carbocycles. The molecule has 1 saturated carbocycles. The van der Waals surface area contributed by atoms with Crippen molar-refractivity contribution in [3.8, 4) is 0 Å². The maximum absolute atomic E-state index is 12.5. The van der Waals surface area contributed by atoms with E-state index in [1.807, 2.05) is 13.0 Å². The maximum atomic E-state index is 12.5. The van der Waals surface area contributed by atoms with E-state index in [2.05, 4.69) is 10.6 Å². The van der Waals surface area contributed by atoms with Crippen LogP contribution in [-0.4, -0.2) is 28.4 Å². The Kier molecular flexibility index (Phi) is 4.75. The standard InChI is InChI=1S/C20H20N2O4/c1-13-8-9-15(18(24)22-20(19(25)26)10-5-11-20)12-16(13)21-17(23)14-6-3-2-4-7-14/h2-4,6-9,12H,5,10-11H2,1H3,(H,21,23)(H,22,24)(H,25,26). The normalized spacial score (nSPS) is 14.8. The summed E-state index contributed by atoms with van der Waals surface area (Å²) in [5.41, 5.74) is 0.981. The zero-order valence-electron chi connectivity index (χ0n) is 14.4. The van der Waals surface area contributed by atoms with Crippen LogP contribution in [0.3, 0.4) is 0 Å². The summed E-state index contributed by atoms with van der Waals surface area (Å²) < 4.78 is 0. The van der Waals surface area contributed by atoms with Crippen molar-refractivity contribution < 1.29 is 19.5 Å². The van der Waals surface area contributed by atoms with Crippen LogP contribution in [0.5, 0.6) is 0 Å². The number of hydrogen-bond acceptors (Lipinski definition) is 3. The highest BCUT2D eigenvalue weighted by Crippen LogP contribution is 2.32. The summed E-state index contributed by atoms with van der Waals surface area (Å²) in [7, 11) is 0. The Morgan fingerprint density at radius 2 is 1.65 bits per heavy atom. The third kappa shape index (κ3) is 3.44. The lowest BCUT2D eigenvalue weighted by Gasteiger charge is -2.38. The van der Waals surface area contributed by atoms with Crippen molar-refractivity contribution in [3.05, 3.63) is 65.2 Å². The van der Waals surface area contributed by atoms with E-state index in [1.165, 1.54) is 0 Å². The van der Waals surface area contributed by atoms with Gasteiger partial charge >= 0.3 is 5.97 Å². The van der Waals surface area contributed by atoms with Crippen LogP contribution in [0, 0.1) is 6.92 Å². The van der Waals surface area contributed by atoms with Crippen LogP contribution < -0.4 is 10.6 Å². The van der Waals surface area contributed by atoms with Crippen molar-refractivity contribution in [2.24, 2.45) is 0 Å². The smallest absolute Gasteiger partial charge is 0.329 e. The summed E-state index contributed by atoms with van der Waals surface area (Å²) >= 11 is 0.